The standard InChI is InChI=1S/C14H18N2OS2/c1-3-4-8-16-13(17)11-9-6-5-7-10(9)19-12(11)15-14(16)18-2/h3-8H2,1-2H3. The number of aryl methyl sites for hydroxylation is 2. The van der Waals surface area contributed by atoms with Crippen LogP contribution in [0.2, 0.25) is 0 Å². The van der Waals surface area contributed by atoms with Gasteiger partial charge >= 0.3 is 0 Å². The molecule has 0 saturated heterocycles. The number of fused-ring (bicyclic) bond motifs is 3. The van der Waals surface area contributed by atoms with E-state index in [1.165, 1.54) is 16.9 Å². The summed E-state index contributed by atoms with van der Waals surface area (Å²) >= 11 is 3.30. The van der Waals surface area contributed by atoms with Crippen molar-refractivity contribution in [1.29, 1.82) is 0 Å². The average Bonchev–Trinajstić information content (AvgIpc) is 2.97. The molecule has 0 saturated carbocycles. The summed E-state index contributed by atoms with van der Waals surface area (Å²) in [5, 5.41) is 1.78. The zero-order valence-electron chi connectivity index (χ0n) is 11.4. The zero-order chi connectivity index (χ0) is 13.4. The van der Waals surface area contributed by atoms with Gasteiger partial charge in [0.25, 0.3) is 5.56 Å². The summed E-state index contributed by atoms with van der Waals surface area (Å²) in [5.74, 6) is 0. The van der Waals surface area contributed by atoms with Crippen LogP contribution in [0, 0.1) is 0 Å². The average molecular weight is 294 g/mol. The molecule has 0 N–H and O–H groups in total. The fourth-order valence-electron chi connectivity index (χ4n) is 2.73. The van der Waals surface area contributed by atoms with E-state index >= 15 is 0 Å². The number of unbranched alkanes of at least 4 members (excludes halogenated alkanes) is 1. The van der Waals surface area contributed by atoms with Gasteiger partial charge < -0.3 is 0 Å². The summed E-state index contributed by atoms with van der Waals surface area (Å²) in [6.45, 7) is 2.94. The van der Waals surface area contributed by atoms with Gasteiger partial charge in [-0.15, -0.1) is 11.3 Å². The fraction of sp³-hybridized carbons (Fsp3) is 0.571. The van der Waals surface area contributed by atoms with E-state index in [1.807, 2.05) is 10.8 Å². The molecule has 0 amide bonds. The molecule has 2 heterocycles. The lowest BCUT2D eigenvalue weighted by Crippen LogP contribution is -2.23. The highest BCUT2D eigenvalue weighted by atomic mass is 32.2. The van der Waals surface area contributed by atoms with Crippen molar-refractivity contribution in [3.05, 3.63) is 20.8 Å². The van der Waals surface area contributed by atoms with Crippen molar-refractivity contribution in [2.75, 3.05) is 6.26 Å². The quantitative estimate of drug-likeness (QED) is 0.640. The van der Waals surface area contributed by atoms with Crippen molar-refractivity contribution in [3.63, 3.8) is 0 Å². The van der Waals surface area contributed by atoms with Crippen LogP contribution < -0.4 is 5.56 Å². The maximum absolute atomic E-state index is 12.8. The second-order valence-corrected chi connectivity index (χ2v) is 6.80. The van der Waals surface area contributed by atoms with Gasteiger partial charge in [0, 0.05) is 11.4 Å². The molecule has 1 aliphatic carbocycles. The van der Waals surface area contributed by atoms with Crippen LogP contribution >= 0.6 is 23.1 Å². The molecule has 5 heteroatoms. The normalized spacial score (nSPS) is 14.2. The summed E-state index contributed by atoms with van der Waals surface area (Å²) in [5.41, 5.74) is 1.47. The van der Waals surface area contributed by atoms with E-state index in [2.05, 4.69) is 6.92 Å². The minimum absolute atomic E-state index is 0.183. The Kier molecular flexibility index (Phi) is 3.67. The lowest BCUT2D eigenvalue weighted by molar-refractivity contribution is 0.558. The summed E-state index contributed by atoms with van der Waals surface area (Å²) in [7, 11) is 0. The Morgan fingerprint density at radius 3 is 3.00 bits per heavy atom. The van der Waals surface area contributed by atoms with Gasteiger partial charge in [-0.25, -0.2) is 4.98 Å². The summed E-state index contributed by atoms with van der Waals surface area (Å²) in [6.07, 6.45) is 7.50. The lowest BCUT2D eigenvalue weighted by Gasteiger charge is -2.10. The molecule has 0 fully saturated rings. The molecule has 2 aromatic rings. The Hall–Kier alpha value is -0.810. The molecule has 0 aliphatic heterocycles. The molecule has 0 spiro atoms. The molecule has 0 bridgehead atoms. The van der Waals surface area contributed by atoms with E-state index in [1.54, 1.807) is 23.1 Å². The number of thiophene rings is 1. The van der Waals surface area contributed by atoms with E-state index in [0.717, 1.165) is 47.6 Å². The number of rotatable bonds is 4. The van der Waals surface area contributed by atoms with Crippen LogP contribution in [0.5, 0.6) is 0 Å². The van der Waals surface area contributed by atoms with Crippen molar-refractivity contribution < 1.29 is 0 Å². The monoisotopic (exact) mass is 294 g/mol. The van der Waals surface area contributed by atoms with Crippen LogP contribution in [-0.4, -0.2) is 15.8 Å². The number of aromatic nitrogens is 2. The summed E-state index contributed by atoms with van der Waals surface area (Å²) in [6, 6.07) is 0. The van der Waals surface area contributed by atoms with Crippen LogP contribution in [-0.2, 0) is 19.4 Å². The molecule has 0 unspecified atom stereocenters. The molecular weight excluding hydrogens is 276 g/mol. The Morgan fingerprint density at radius 1 is 1.42 bits per heavy atom. The Labute approximate surface area is 121 Å². The van der Waals surface area contributed by atoms with Crippen LogP contribution in [0.1, 0.15) is 36.6 Å². The summed E-state index contributed by atoms with van der Waals surface area (Å²) in [4.78, 5) is 19.8. The molecule has 0 atom stereocenters. The molecule has 3 rings (SSSR count). The van der Waals surface area contributed by atoms with Crippen molar-refractivity contribution in [1.82, 2.24) is 9.55 Å². The van der Waals surface area contributed by atoms with E-state index in [9.17, 15) is 4.79 Å². The van der Waals surface area contributed by atoms with Gasteiger partial charge in [0.05, 0.1) is 5.39 Å². The van der Waals surface area contributed by atoms with Crippen LogP contribution in [0.25, 0.3) is 10.2 Å². The van der Waals surface area contributed by atoms with E-state index in [-0.39, 0.29) is 5.56 Å². The highest BCUT2D eigenvalue weighted by Gasteiger charge is 2.22. The first kappa shape index (κ1) is 13.2. The van der Waals surface area contributed by atoms with Crippen LogP contribution in [0.15, 0.2) is 9.95 Å². The lowest BCUT2D eigenvalue weighted by atomic mass is 10.2. The second-order valence-electron chi connectivity index (χ2n) is 4.95. The van der Waals surface area contributed by atoms with Gasteiger partial charge in [-0.05, 0) is 37.5 Å². The Morgan fingerprint density at radius 2 is 2.26 bits per heavy atom. The molecule has 102 valence electrons. The largest absolute Gasteiger partial charge is 0.287 e. The number of nitrogens with zero attached hydrogens (tertiary/aromatic N) is 2. The van der Waals surface area contributed by atoms with Gasteiger partial charge in [-0.3, -0.25) is 9.36 Å². The highest BCUT2D eigenvalue weighted by Crippen LogP contribution is 2.35. The number of hydrogen-bond acceptors (Lipinski definition) is 4. The van der Waals surface area contributed by atoms with Crippen LogP contribution in [0.3, 0.4) is 0 Å². The topological polar surface area (TPSA) is 34.9 Å². The van der Waals surface area contributed by atoms with Crippen molar-refractivity contribution in [3.8, 4) is 0 Å². The smallest absolute Gasteiger partial charge is 0.263 e. The maximum atomic E-state index is 12.8. The fourth-order valence-corrected chi connectivity index (χ4v) is 4.61. The molecule has 3 nitrogen and oxygen atoms in total. The SMILES string of the molecule is CCCCn1c(SC)nc2sc3c(c2c1=O)CCC3. The Balaban J connectivity index is 2.23. The van der Waals surface area contributed by atoms with E-state index in [4.69, 9.17) is 4.98 Å². The molecule has 2 aromatic heterocycles. The van der Waals surface area contributed by atoms with Crippen LogP contribution in [0.4, 0.5) is 0 Å². The molecule has 1 aliphatic rings. The molecular formula is C14H18N2OS2. The molecule has 19 heavy (non-hydrogen) atoms. The van der Waals surface area contributed by atoms with Crippen molar-refractivity contribution >= 4 is 33.3 Å². The first-order valence-corrected chi connectivity index (χ1v) is 8.89. The predicted octanol–water partition coefficient (Wildman–Crippen LogP) is 3.47. The molecule has 0 radical (unpaired) electrons. The number of thioether (sulfide) groups is 1. The minimum Gasteiger partial charge on any atom is -0.287 e. The zero-order valence-corrected chi connectivity index (χ0v) is 13.0. The van der Waals surface area contributed by atoms with Gasteiger partial charge in [0.2, 0.25) is 0 Å². The van der Waals surface area contributed by atoms with Gasteiger partial charge in [-0.2, -0.15) is 0 Å². The Bertz CT molecular complexity index is 672. The first-order valence-electron chi connectivity index (χ1n) is 6.85. The second kappa shape index (κ2) is 5.29. The predicted molar refractivity (Wildman–Crippen MR) is 82.6 cm³/mol. The minimum atomic E-state index is 0.183. The third-order valence-electron chi connectivity index (χ3n) is 3.71. The first-order chi connectivity index (χ1) is 9.26. The third-order valence-corrected chi connectivity index (χ3v) is 5.57. The maximum Gasteiger partial charge on any atom is 0.263 e. The van der Waals surface area contributed by atoms with Gasteiger partial charge in [-0.1, -0.05) is 25.1 Å². The van der Waals surface area contributed by atoms with E-state index < -0.39 is 0 Å². The molecule has 0 aromatic carbocycles. The highest BCUT2D eigenvalue weighted by molar-refractivity contribution is 7.98. The summed E-state index contributed by atoms with van der Waals surface area (Å²) < 4.78 is 1.88. The third kappa shape index (κ3) is 2.13. The van der Waals surface area contributed by atoms with Crippen molar-refractivity contribution in [2.24, 2.45) is 0 Å². The number of hydrogen-bond donors (Lipinski definition) is 0. The van der Waals surface area contributed by atoms with Gasteiger partial charge in [0.1, 0.15) is 4.83 Å². The van der Waals surface area contributed by atoms with Crippen molar-refractivity contribution in [2.45, 2.75) is 50.7 Å². The van der Waals surface area contributed by atoms with Gasteiger partial charge in [0.15, 0.2) is 5.16 Å². The van der Waals surface area contributed by atoms with E-state index in [0.29, 0.717) is 0 Å².